The van der Waals surface area contributed by atoms with Crippen LogP contribution in [-0.2, 0) is 8.23 Å². The highest BCUT2D eigenvalue weighted by molar-refractivity contribution is 6.97. The van der Waals surface area contributed by atoms with Gasteiger partial charge in [-0.3, -0.25) is 85.1 Å². The van der Waals surface area contributed by atoms with Gasteiger partial charge >= 0.3 is 0 Å². The second kappa shape index (κ2) is 40.7. The van der Waals surface area contributed by atoms with E-state index in [1.807, 2.05) is 0 Å². The number of rotatable bonds is 8. The molecular weight excluding hydrogens is 1900 g/mol. The molecule has 22 rings (SSSR count). The van der Waals surface area contributed by atoms with Crippen LogP contribution in [0.3, 0.4) is 0 Å². The van der Waals surface area contributed by atoms with Gasteiger partial charge in [-0.1, -0.05) is 103 Å². The highest BCUT2D eigenvalue weighted by atomic mass is 28.4. The molecule has 768 valence electrons. The molecule has 4 aromatic carbocycles. The van der Waals surface area contributed by atoms with Crippen LogP contribution in [0.15, 0.2) is 0 Å². The number of hydrogen-bond acceptors (Lipinski definition) is 18. The Morgan fingerprint density at radius 3 is 0.290 bits per heavy atom. The van der Waals surface area contributed by atoms with Crippen molar-refractivity contribution in [1.82, 2.24) is 85.1 Å². The maximum atomic E-state index is 14.1. The average molecular weight is 2040 g/mol. The minimum absolute atomic E-state index is 0.420. The molecule has 4 aromatic rings. The summed E-state index contributed by atoms with van der Waals surface area (Å²) in [5.74, 6) is -33.3. The first-order valence-corrected chi connectivity index (χ1v) is 63.0. The van der Waals surface area contributed by atoms with E-state index in [9.17, 15) is 87.8 Å². The maximum Gasteiger partial charge on any atom is 0.212 e. The lowest BCUT2D eigenvalue weighted by Crippen LogP contribution is -2.61. The molecule has 8 saturated carbocycles. The van der Waals surface area contributed by atoms with Crippen molar-refractivity contribution in [2.24, 2.45) is 94.7 Å². The van der Waals surface area contributed by atoms with E-state index in [1.165, 1.54) is 205 Å². The summed E-state index contributed by atoms with van der Waals surface area (Å²) in [7, 11) is -16.7. The summed E-state index contributed by atoms with van der Waals surface area (Å²) in [4.78, 5) is 0. The van der Waals surface area contributed by atoms with E-state index in [-0.39, 0.29) is 0 Å². The van der Waals surface area contributed by atoms with Gasteiger partial charge in [0.1, 0.15) is 0 Å². The predicted molar refractivity (Wildman–Crippen MR) is 490 cm³/mol. The van der Waals surface area contributed by atoms with E-state index in [0.29, 0.717) is 98.7 Å². The van der Waals surface area contributed by atoms with Crippen molar-refractivity contribution in [3.8, 4) is 0 Å². The van der Waals surface area contributed by atoms with E-state index in [0.717, 1.165) is 147 Å². The molecule has 138 heavy (non-hydrogen) atoms. The first kappa shape index (κ1) is 102. The fourth-order valence-electron chi connectivity index (χ4n) is 30.0. The Kier molecular flexibility index (Phi) is 30.1. The van der Waals surface area contributed by atoms with Crippen LogP contribution in [0.1, 0.15) is 205 Å². The zero-order chi connectivity index (χ0) is 97.7. The molecule has 16 unspecified atom stereocenters. The van der Waals surface area contributed by atoms with Crippen molar-refractivity contribution in [1.29, 1.82) is 0 Å². The summed E-state index contributed by atoms with van der Waals surface area (Å²) in [6.07, 6.45) is 51.1. The molecule has 16 N–H and O–H groups in total. The van der Waals surface area contributed by atoms with Crippen molar-refractivity contribution >= 4 is 54.0 Å². The quantitative estimate of drug-likeness (QED) is 0.0342. The Morgan fingerprint density at radius 2 is 0.210 bits per heavy atom. The Balaban J connectivity index is 0.000000119. The smallest absolute Gasteiger partial charge is 0.212 e. The van der Waals surface area contributed by atoms with Crippen LogP contribution in [0, 0.1) is 211 Å². The van der Waals surface area contributed by atoms with Gasteiger partial charge in [0.05, 0.1) is 98.7 Å². The largest absolute Gasteiger partial charge is 0.448 e. The highest BCUT2D eigenvalue weighted by Gasteiger charge is 2.60. The van der Waals surface area contributed by atoms with Crippen LogP contribution < -0.4 is 106 Å². The molecule has 0 spiro atoms. The zero-order valence-electron chi connectivity index (χ0n) is 79.5. The number of fused-ring (bicyclic) bond motifs is 40. The molecule has 16 atom stereocenters. The molecule has 18 nitrogen and oxygen atoms in total. The molecule has 8 aliphatic carbocycles. The molecule has 16 bridgehead atoms. The Bertz CT molecular complexity index is 4120. The molecule has 18 aliphatic rings. The number of benzene rings is 4. The van der Waals surface area contributed by atoms with Gasteiger partial charge in [-0.25, -0.2) is 87.8 Å². The lowest BCUT2D eigenvalue weighted by Gasteiger charge is -2.35. The van der Waals surface area contributed by atoms with Crippen molar-refractivity contribution in [3.05, 3.63) is 116 Å². The van der Waals surface area contributed by atoms with E-state index < -0.39 is 170 Å². The predicted octanol–water partition coefficient (Wildman–Crippen LogP) is 14.4. The lowest BCUT2D eigenvalue weighted by molar-refractivity contribution is 0.167. The molecule has 0 amide bonds. The van der Waals surface area contributed by atoms with E-state index in [1.54, 1.807) is 0 Å². The summed E-state index contributed by atoms with van der Waals surface area (Å²) >= 11 is 0. The molecule has 0 radical (unpaired) electrons. The van der Waals surface area contributed by atoms with Gasteiger partial charge in [-0.15, -0.1) is 0 Å². The van der Waals surface area contributed by atoms with Crippen molar-refractivity contribution in [3.63, 3.8) is 0 Å². The van der Waals surface area contributed by atoms with Crippen molar-refractivity contribution < 1.29 is 96.0 Å². The monoisotopic (exact) mass is 2040 g/mol. The van der Waals surface area contributed by atoms with Crippen LogP contribution in [-0.4, -0.2) is 132 Å². The second-order valence-electron chi connectivity index (χ2n) is 45.2. The summed E-state index contributed by atoms with van der Waals surface area (Å²) in [6.45, 7) is 7.71. The third-order valence-electron chi connectivity index (χ3n) is 35.9. The third kappa shape index (κ3) is 19.0. The minimum Gasteiger partial charge on any atom is -0.448 e. The Labute approximate surface area is 798 Å². The summed E-state index contributed by atoms with van der Waals surface area (Å²) < 4.78 is 285. The van der Waals surface area contributed by atoms with Gasteiger partial charge in [0.15, 0.2) is 93.1 Å². The summed E-state index contributed by atoms with van der Waals surface area (Å²) in [5, 5.41) is 62.3. The van der Waals surface area contributed by atoms with Gasteiger partial charge in [0.2, 0.25) is 56.5 Å². The Hall–Kier alpha value is -4.37. The number of halogens is 20. The third-order valence-corrected chi connectivity index (χ3v) is 50.6. The van der Waals surface area contributed by atoms with Gasteiger partial charge in [0, 0.05) is 20.7 Å². The maximum absolute atomic E-state index is 14.1. The highest BCUT2D eigenvalue weighted by Crippen LogP contribution is 2.51. The van der Waals surface area contributed by atoms with E-state index in [2.05, 4.69) is 85.1 Å². The topological polar surface area (TPSA) is 211 Å². The van der Waals surface area contributed by atoms with Crippen LogP contribution in [0.2, 0.25) is 52.4 Å². The SMILES string of the molecule is C1CCC2C3NC(NC4NC(NC5NC(NC6NC(N3)C3CCCCC63)C3CCCCC53)C3CCCCC43)C2C1.C1CCC2C3NC(NC4NC(NC5NC(NC6NC(N3)C3CCCCC63)C3CCCCC53)C3CCCCC43)C2C1.C[Si](C)(O[Si](C)(C)c1c(F)c(F)c(F)c(F)c1F)c1c(F)c(F)c(F)c(F)c1F.C[Si](C)(O[Si](C)(C)c1c(F)c(F)c(F)c(F)c1F)c1c(F)c(F)c(F)c(F)c1F. The van der Waals surface area contributed by atoms with Crippen molar-refractivity contribution in [2.75, 3.05) is 0 Å². The molecule has 0 aromatic heterocycles. The zero-order valence-corrected chi connectivity index (χ0v) is 83.5. The van der Waals surface area contributed by atoms with Crippen LogP contribution in [0.25, 0.3) is 0 Å². The van der Waals surface area contributed by atoms with Gasteiger partial charge in [-0.2, -0.15) is 0 Å². The van der Waals surface area contributed by atoms with Gasteiger partial charge < -0.3 is 8.23 Å². The molecule has 42 heteroatoms. The lowest BCUT2D eigenvalue weighted by atomic mass is 9.76. The molecule has 10 heterocycles. The first-order chi connectivity index (χ1) is 65.7. The molecule has 10 saturated heterocycles. The van der Waals surface area contributed by atoms with Gasteiger partial charge in [-0.05, 0) is 250 Å². The normalized spacial score (nSPS) is 38.7. The van der Waals surface area contributed by atoms with Crippen LogP contribution in [0.5, 0.6) is 0 Å². The minimum atomic E-state index is -4.17. The first-order valence-electron chi connectivity index (χ1n) is 51.4. The number of hydrogen-bond donors (Lipinski definition) is 16. The van der Waals surface area contributed by atoms with Gasteiger partial charge in [0.25, 0.3) is 0 Å². The van der Waals surface area contributed by atoms with E-state index in [4.69, 9.17) is 8.23 Å². The van der Waals surface area contributed by atoms with Crippen LogP contribution in [0.4, 0.5) is 87.8 Å². The molecular formula is C96H136F20N16O2Si4. The summed E-state index contributed by atoms with van der Waals surface area (Å²) in [5.41, 5.74) is 0. The summed E-state index contributed by atoms with van der Waals surface area (Å²) in [6, 6.07) is 0. The van der Waals surface area contributed by atoms with E-state index >= 15 is 0 Å². The fraction of sp³-hybridized carbons (Fsp3) is 0.750. The van der Waals surface area contributed by atoms with Crippen molar-refractivity contribution in [2.45, 2.75) is 356 Å². The fourth-order valence-corrected chi connectivity index (χ4v) is 46.9. The average Bonchev–Trinajstić information content (AvgIpc) is 1.74. The second-order valence-corrected chi connectivity index (χ2v) is 60.9. The standard InChI is InChI=1S/2C32H56N8.2C16H12F10OSi2/c2*1-2-10-18-17(9-1)25-33-26(18)38-28-21-13-5-6-14-22(21)30(35-28)40-32-24-16-8-7-15-23(24)31(36-32)39-29-20-12-4-3-11-19(20)27(34-29)37-25;2*1-28(2,15-11(23)7(19)5(17)8(20)12(15)24)27-29(3,4)16-13(25)9(21)6(18)10(22)14(16)26/h2*17-40H,1-16H2;2*1-4H3. The Morgan fingerprint density at radius 1 is 0.138 bits per heavy atom. The number of nitrogens with one attached hydrogen (secondary N) is 16. The molecule has 10 aliphatic heterocycles. The van der Waals surface area contributed by atoms with Crippen LogP contribution >= 0.6 is 0 Å². The molecule has 18 fully saturated rings.